The van der Waals surface area contributed by atoms with Crippen LogP contribution in [0.2, 0.25) is 0 Å². The molecular formula is C22H23N3O2S. The van der Waals surface area contributed by atoms with E-state index in [9.17, 15) is 9.59 Å². The number of thiazole rings is 1. The van der Waals surface area contributed by atoms with Crippen LogP contribution in [0.1, 0.15) is 37.4 Å². The van der Waals surface area contributed by atoms with E-state index >= 15 is 0 Å². The van der Waals surface area contributed by atoms with E-state index in [1.54, 1.807) is 0 Å². The SMILES string of the molecule is CC(=O)NC(C)c1ccc(-c2csc(NC(=O)CCc3ccccc3)n2)cc1. The molecule has 0 aliphatic rings. The van der Waals surface area contributed by atoms with Crippen molar-refractivity contribution in [3.63, 3.8) is 0 Å². The van der Waals surface area contributed by atoms with E-state index in [1.165, 1.54) is 18.3 Å². The van der Waals surface area contributed by atoms with Gasteiger partial charge in [-0.3, -0.25) is 9.59 Å². The highest BCUT2D eigenvalue weighted by atomic mass is 32.1. The van der Waals surface area contributed by atoms with Crippen molar-refractivity contribution in [1.29, 1.82) is 0 Å². The quantitative estimate of drug-likeness (QED) is 0.617. The molecule has 0 bridgehead atoms. The number of carbonyl (C=O) groups is 2. The second-order valence-corrected chi connectivity index (χ2v) is 7.47. The summed E-state index contributed by atoms with van der Waals surface area (Å²) >= 11 is 1.41. The van der Waals surface area contributed by atoms with Crippen LogP contribution < -0.4 is 10.6 Å². The zero-order valence-electron chi connectivity index (χ0n) is 15.9. The van der Waals surface area contributed by atoms with Crippen molar-refractivity contribution in [2.24, 2.45) is 0 Å². The summed E-state index contributed by atoms with van der Waals surface area (Å²) in [5, 5.41) is 8.27. The summed E-state index contributed by atoms with van der Waals surface area (Å²) in [7, 11) is 0. The summed E-state index contributed by atoms with van der Waals surface area (Å²) in [5.41, 5.74) is 3.97. The largest absolute Gasteiger partial charge is 0.350 e. The molecule has 1 unspecified atom stereocenters. The van der Waals surface area contributed by atoms with Gasteiger partial charge in [0.15, 0.2) is 5.13 Å². The third-order valence-corrected chi connectivity index (χ3v) is 5.12. The molecule has 2 N–H and O–H groups in total. The van der Waals surface area contributed by atoms with E-state index in [0.29, 0.717) is 18.0 Å². The maximum Gasteiger partial charge on any atom is 0.226 e. The lowest BCUT2D eigenvalue weighted by Crippen LogP contribution is -2.23. The predicted octanol–water partition coefficient (Wildman–Crippen LogP) is 4.58. The Kier molecular flexibility index (Phi) is 6.55. The Morgan fingerprint density at radius 1 is 1.07 bits per heavy atom. The molecule has 5 nitrogen and oxygen atoms in total. The summed E-state index contributed by atoms with van der Waals surface area (Å²) in [6.45, 7) is 3.46. The van der Waals surface area contributed by atoms with Gasteiger partial charge in [-0.05, 0) is 24.5 Å². The van der Waals surface area contributed by atoms with Gasteiger partial charge in [0.2, 0.25) is 11.8 Å². The fourth-order valence-corrected chi connectivity index (χ4v) is 3.61. The van der Waals surface area contributed by atoms with Gasteiger partial charge >= 0.3 is 0 Å². The van der Waals surface area contributed by atoms with Crippen LogP contribution in [0.4, 0.5) is 5.13 Å². The van der Waals surface area contributed by atoms with E-state index in [0.717, 1.165) is 22.4 Å². The van der Waals surface area contributed by atoms with E-state index in [2.05, 4.69) is 15.6 Å². The summed E-state index contributed by atoms with van der Waals surface area (Å²) < 4.78 is 0. The maximum absolute atomic E-state index is 12.2. The number of aromatic nitrogens is 1. The molecule has 0 radical (unpaired) electrons. The number of hydrogen-bond acceptors (Lipinski definition) is 4. The molecule has 0 saturated carbocycles. The van der Waals surface area contributed by atoms with Gasteiger partial charge in [0, 0.05) is 24.3 Å². The molecule has 2 aromatic carbocycles. The molecule has 0 aliphatic carbocycles. The molecule has 1 aromatic heterocycles. The molecule has 2 amide bonds. The number of benzene rings is 2. The van der Waals surface area contributed by atoms with Crippen LogP contribution >= 0.6 is 11.3 Å². The van der Waals surface area contributed by atoms with Crippen molar-refractivity contribution in [1.82, 2.24) is 10.3 Å². The van der Waals surface area contributed by atoms with Crippen LogP contribution in [0.3, 0.4) is 0 Å². The summed E-state index contributed by atoms with van der Waals surface area (Å²) in [5.74, 6) is -0.0899. The van der Waals surface area contributed by atoms with Crippen molar-refractivity contribution < 1.29 is 9.59 Å². The minimum Gasteiger partial charge on any atom is -0.350 e. The Morgan fingerprint density at radius 2 is 1.79 bits per heavy atom. The fourth-order valence-electron chi connectivity index (χ4n) is 2.88. The van der Waals surface area contributed by atoms with Crippen molar-refractivity contribution in [3.8, 4) is 11.3 Å². The molecule has 0 spiro atoms. The van der Waals surface area contributed by atoms with Gasteiger partial charge in [0.25, 0.3) is 0 Å². The number of carbonyl (C=O) groups excluding carboxylic acids is 2. The van der Waals surface area contributed by atoms with Gasteiger partial charge in [0.05, 0.1) is 11.7 Å². The first-order valence-corrected chi connectivity index (χ1v) is 10.1. The molecule has 1 heterocycles. The van der Waals surface area contributed by atoms with Crippen LogP contribution in [0.25, 0.3) is 11.3 Å². The lowest BCUT2D eigenvalue weighted by molar-refractivity contribution is -0.119. The lowest BCUT2D eigenvalue weighted by Gasteiger charge is -2.13. The monoisotopic (exact) mass is 393 g/mol. The summed E-state index contributed by atoms with van der Waals surface area (Å²) in [6, 6.07) is 17.8. The van der Waals surface area contributed by atoms with Gasteiger partial charge in [-0.15, -0.1) is 11.3 Å². The van der Waals surface area contributed by atoms with Crippen molar-refractivity contribution in [2.45, 2.75) is 32.7 Å². The predicted molar refractivity (Wildman–Crippen MR) is 113 cm³/mol. The zero-order chi connectivity index (χ0) is 19.9. The molecule has 0 fully saturated rings. The maximum atomic E-state index is 12.2. The van der Waals surface area contributed by atoms with Crippen LogP contribution in [-0.2, 0) is 16.0 Å². The Morgan fingerprint density at radius 3 is 2.46 bits per heavy atom. The van der Waals surface area contributed by atoms with Gasteiger partial charge in [-0.1, -0.05) is 54.6 Å². The van der Waals surface area contributed by atoms with Crippen LogP contribution in [0.5, 0.6) is 0 Å². The van der Waals surface area contributed by atoms with E-state index < -0.39 is 0 Å². The summed E-state index contributed by atoms with van der Waals surface area (Å²) in [6.07, 6.45) is 1.13. The smallest absolute Gasteiger partial charge is 0.226 e. The topological polar surface area (TPSA) is 71.1 Å². The minimum absolute atomic E-state index is 0.0377. The van der Waals surface area contributed by atoms with Crippen LogP contribution in [-0.4, -0.2) is 16.8 Å². The molecule has 1 atom stereocenters. The van der Waals surface area contributed by atoms with E-state index in [-0.39, 0.29) is 17.9 Å². The van der Waals surface area contributed by atoms with Crippen LogP contribution in [0, 0.1) is 0 Å². The fraction of sp³-hybridized carbons (Fsp3) is 0.227. The number of anilines is 1. The van der Waals surface area contributed by atoms with Gasteiger partial charge in [-0.2, -0.15) is 0 Å². The van der Waals surface area contributed by atoms with E-state index in [1.807, 2.05) is 66.9 Å². The molecule has 3 rings (SSSR count). The van der Waals surface area contributed by atoms with Crippen LogP contribution in [0.15, 0.2) is 60.0 Å². The highest BCUT2D eigenvalue weighted by molar-refractivity contribution is 7.14. The second-order valence-electron chi connectivity index (χ2n) is 6.62. The zero-order valence-corrected chi connectivity index (χ0v) is 16.8. The molecule has 28 heavy (non-hydrogen) atoms. The Balaban J connectivity index is 1.57. The first-order chi connectivity index (χ1) is 13.5. The van der Waals surface area contributed by atoms with Gasteiger partial charge in [-0.25, -0.2) is 4.98 Å². The lowest BCUT2D eigenvalue weighted by atomic mass is 10.1. The molecule has 0 saturated heterocycles. The highest BCUT2D eigenvalue weighted by Gasteiger charge is 2.10. The first-order valence-electron chi connectivity index (χ1n) is 9.18. The molecule has 0 aliphatic heterocycles. The van der Waals surface area contributed by atoms with Gasteiger partial charge < -0.3 is 10.6 Å². The second kappa shape index (κ2) is 9.28. The minimum atomic E-state index is -0.0521. The first kappa shape index (κ1) is 19.8. The number of aryl methyl sites for hydroxylation is 1. The van der Waals surface area contributed by atoms with Gasteiger partial charge in [0.1, 0.15) is 0 Å². The molecule has 144 valence electrons. The van der Waals surface area contributed by atoms with Crippen molar-refractivity contribution in [3.05, 3.63) is 71.1 Å². The number of nitrogens with zero attached hydrogens (tertiary/aromatic N) is 1. The normalized spacial score (nSPS) is 11.6. The average molecular weight is 394 g/mol. The summed E-state index contributed by atoms with van der Waals surface area (Å²) in [4.78, 5) is 27.9. The van der Waals surface area contributed by atoms with E-state index in [4.69, 9.17) is 0 Å². The third kappa shape index (κ3) is 5.50. The Hall–Kier alpha value is -2.99. The Labute approximate surface area is 168 Å². The van der Waals surface area contributed by atoms with Crippen molar-refractivity contribution >= 4 is 28.3 Å². The molecular weight excluding hydrogens is 370 g/mol. The third-order valence-electron chi connectivity index (χ3n) is 4.36. The Bertz CT molecular complexity index is 936. The average Bonchev–Trinajstić information content (AvgIpc) is 3.15. The molecule has 3 aromatic rings. The number of hydrogen-bond donors (Lipinski definition) is 2. The standard InChI is InChI=1S/C22H23N3O2S/c1-15(23-16(2)26)18-9-11-19(12-10-18)20-14-28-22(24-20)25-21(27)13-8-17-6-4-3-5-7-17/h3-7,9-12,14-15H,8,13H2,1-2H3,(H,23,26)(H,24,25,27). The molecule has 6 heteroatoms. The number of rotatable bonds is 7. The number of amides is 2. The highest BCUT2D eigenvalue weighted by Crippen LogP contribution is 2.26. The van der Waals surface area contributed by atoms with Crippen molar-refractivity contribution in [2.75, 3.05) is 5.32 Å². The number of nitrogens with one attached hydrogen (secondary N) is 2.